The fourth-order valence-electron chi connectivity index (χ4n) is 2.10. The Bertz CT molecular complexity index is 665. The normalized spacial score (nSPS) is 11.8. The maximum absolute atomic E-state index is 12.3. The number of amides is 1. The zero-order chi connectivity index (χ0) is 16.8. The van der Waals surface area contributed by atoms with E-state index in [1.54, 1.807) is 30.3 Å². The van der Waals surface area contributed by atoms with E-state index in [0.717, 1.165) is 23.3 Å². The Labute approximate surface area is 137 Å². The Balaban J connectivity index is 2.09. The van der Waals surface area contributed by atoms with Gasteiger partial charge in [-0.15, -0.1) is 0 Å². The van der Waals surface area contributed by atoms with Crippen LogP contribution in [0, 0.1) is 6.92 Å². The molecule has 0 aliphatic carbocycles. The maximum atomic E-state index is 12.3. The van der Waals surface area contributed by atoms with Gasteiger partial charge in [-0.2, -0.15) is 0 Å². The first-order valence-corrected chi connectivity index (χ1v) is 7.82. The summed E-state index contributed by atoms with van der Waals surface area (Å²) in [5, 5.41) is 12.1. The van der Waals surface area contributed by atoms with Crippen LogP contribution in [-0.4, -0.2) is 17.1 Å². The predicted molar refractivity (Wildman–Crippen MR) is 91.9 cm³/mol. The van der Waals surface area contributed by atoms with Gasteiger partial charge in [0.05, 0.1) is 12.7 Å². The van der Waals surface area contributed by atoms with Crippen molar-refractivity contribution in [1.82, 2.24) is 0 Å². The lowest BCUT2D eigenvalue weighted by molar-refractivity contribution is 0.102. The first-order chi connectivity index (χ1) is 11.0. The second-order valence-electron chi connectivity index (χ2n) is 5.62. The van der Waals surface area contributed by atoms with Crippen molar-refractivity contribution in [2.75, 3.05) is 5.32 Å². The summed E-state index contributed by atoms with van der Waals surface area (Å²) in [5.74, 6) is 0.577. The minimum Gasteiger partial charge on any atom is -0.491 e. The van der Waals surface area contributed by atoms with Crippen LogP contribution >= 0.6 is 0 Å². The lowest BCUT2D eigenvalue weighted by Gasteiger charge is -2.13. The molecule has 0 radical (unpaired) electrons. The van der Waals surface area contributed by atoms with Gasteiger partial charge in [0, 0.05) is 11.3 Å². The number of rotatable bonds is 6. The summed E-state index contributed by atoms with van der Waals surface area (Å²) in [6.45, 7) is 5.94. The molecule has 0 aromatic heterocycles. The van der Waals surface area contributed by atoms with Gasteiger partial charge in [-0.1, -0.05) is 19.1 Å². The van der Waals surface area contributed by atoms with Crippen LogP contribution in [-0.2, 0) is 6.61 Å². The number of carbonyl (C=O) groups excluding carboxylic acids is 1. The Hall–Kier alpha value is -2.33. The fraction of sp³-hybridized carbons (Fsp3) is 0.316. The van der Waals surface area contributed by atoms with Crippen molar-refractivity contribution in [2.24, 2.45) is 0 Å². The second kappa shape index (κ2) is 7.79. The van der Waals surface area contributed by atoms with E-state index in [-0.39, 0.29) is 18.6 Å². The predicted octanol–water partition coefficient (Wildman–Crippen LogP) is 3.92. The van der Waals surface area contributed by atoms with Crippen LogP contribution in [0.4, 0.5) is 5.69 Å². The molecule has 1 amide bonds. The second-order valence-corrected chi connectivity index (χ2v) is 5.62. The molecule has 0 saturated carbocycles. The molecule has 122 valence electrons. The van der Waals surface area contributed by atoms with Crippen molar-refractivity contribution in [1.29, 1.82) is 0 Å². The maximum Gasteiger partial charge on any atom is 0.255 e. The lowest BCUT2D eigenvalue weighted by atomic mass is 10.1. The standard InChI is InChI=1S/C19H23NO3/c1-4-14(3)23-17-9-7-16(8-10-17)19(22)20-18-11-15(12-21)6-5-13(18)2/h5-11,14,21H,4,12H2,1-3H3,(H,20,22). The van der Waals surface area contributed by atoms with Crippen LogP contribution in [0.2, 0.25) is 0 Å². The molecule has 4 heteroatoms. The Kier molecular flexibility index (Phi) is 5.77. The highest BCUT2D eigenvalue weighted by Gasteiger charge is 2.09. The molecule has 0 saturated heterocycles. The monoisotopic (exact) mass is 313 g/mol. The number of aliphatic hydroxyl groups excluding tert-OH is 1. The molecule has 1 unspecified atom stereocenters. The topological polar surface area (TPSA) is 58.6 Å². The molecule has 2 rings (SSSR count). The minimum absolute atomic E-state index is 0.0508. The number of hydrogen-bond donors (Lipinski definition) is 2. The van der Waals surface area contributed by atoms with E-state index in [2.05, 4.69) is 12.2 Å². The van der Waals surface area contributed by atoms with Crippen molar-refractivity contribution in [3.8, 4) is 5.75 Å². The molecule has 0 fully saturated rings. The van der Waals surface area contributed by atoms with E-state index in [1.807, 2.05) is 26.0 Å². The van der Waals surface area contributed by atoms with Crippen molar-refractivity contribution in [2.45, 2.75) is 39.9 Å². The first kappa shape index (κ1) is 17.0. The van der Waals surface area contributed by atoms with Crippen LogP contribution in [0.3, 0.4) is 0 Å². The number of hydrogen-bond acceptors (Lipinski definition) is 3. The molecule has 0 spiro atoms. The molecule has 1 atom stereocenters. The number of carbonyl (C=O) groups is 1. The zero-order valence-corrected chi connectivity index (χ0v) is 13.8. The van der Waals surface area contributed by atoms with E-state index in [1.165, 1.54) is 0 Å². The molecule has 2 N–H and O–H groups in total. The molecule has 0 bridgehead atoms. The van der Waals surface area contributed by atoms with Gasteiger partial charge >= 0.3 is 0 Å². The molecule has 23 heavy (non-hydrogen) atoms. The molecule has 2 aromatic carbocycles. The van der Waals surface area contributed by atoms with Crippen molar-refractivity contribution < 1.29 is 14.6 Å². The average Bonchev–Trinajstić information content (AvgIpc) is 2.57. The van der Waals surface area contributed by atoms with Gasteiger partial charge in [0.1, 0.15) is 5.75 Å². The summed E-state index contributed by atoms with van der Waals surface area (Å²) in [6.07, 6.45) is 1.08. The highest BCUT2D eigenvalue weighted by Crippen LogP contribution is 2.19. The van der Waals surface area contributed by atoms with Gasteiger partial charge in [0.25, 0.3) is 5.91 Å². The number of aliphatic hydroxyl groups is 1. The highest BCUT2D eigenvalue weighted by molar-refractivity contribution is 6.04. The SMILES string of the molecule is CCC(C)Oc1ccc(C(=O)Nc2cc(CO)ccc2C)cc1. The summed E-state index contributed by atoms with van der Waals surface area (Å²) in [6, 6.07) is 12.6. The van der Waals surface area contributed by atoms with Crippen LogP contribution < -0.4 is 10.1 Å². The van der Waals surface area contributed by atoms with Gasteiger partial charge in [-0.25, -0.2) is 0 Å². The molecule has 0 aliphatic rings. The zero-order valence-electron chi connectivity index (χ0n) is 13.8. The molecule has 2 aromatic rings. The van der Waals surface area contributed by atoms with Crippen LogP contribution in [0.5, 0.6) is 5.75 Å². The van der Waals surface area contributed by atoms with E-state index >= 15 is 0 Å². The number of aryl methyl sites for hydroxylation is 1. The van der Waals surface area contributed by atoms with Gasteiger partial charge in [-0.3, -0.25) is 4.79 Å². The summed E-state index contributed by atoms with van der Waals surface area (Å²) < 4.78 is 5.71. The van der Waals surface area contributed by atoms with E-state index < -0.39 is 0 Å². The largest absolute Gasteiger partial charge is 0.491 e. The van der Waals surface area contributed by atoms with Crippen molar-refractivity contribution in [3.63, 3.8) is 0 Å². The van der Waals surface area contributed by atoms with Gasteiger partial charge in [0.2, 0.25) is 0 Å². The van der Waals surface area contributed by atoms with Crippen LogP contribution in [0.25, 0.3) is 0 Å². The van der Waals surface area contributed by atoms with Crippen LogP contribution in [0.15, 0.2) is 42.5 Å². The number of benzene rings is 2. The number of nitrogens with one attached hydrogen (secondary N) is 1. The third-order valence-corrected chi connectivity index (χ3v) is 3.76. The Morgan fingerprint density at radius 1 is 1.22 bits per heavy atom. The highest BCUT2D eigenvalue weighted by atomic mass is 16.5. The van der Waals surface area contributed by atoms with E-state index in [0.29, 0.717) is 11.3 Å². The quantitative estimate of drug-likeness (QED) is 0.850. The van der Waals surface area contributed by atoms with E-state index in [4.69, 9.17) is 4.74 Å². The van der Waals surface area contributed by atoms with E-state index in [9.17, 15) is 9.90 Å². The fourth-order valence-corrected chi connectivity index (χ4v) is 2.10. The third-order valence-electron chi connectivity index (χ3n) is 3.76. The van der Waals surface area contributed by atoms with Crippen LogP contribution in [0.1, 0.15) is 41.8 Å². The summed E-state index contributed by atoms with van der Waals surface area (Å²) in [7, 11) is 0. The molecular formula is C19H23NO3. The van der Waals surface area contributed by atoms with Gasteiger partial charge in [-0.05, 0) is 61.7 Å². The third kappa shape index (κ3) is 4.57. The molecule has 0 heterocycles. The smallest absolute Gasteiger partial charge is 0.255 e. The Morgan fingerprint density at radius 3 is 2.52 bits per heavy atom. The minimum atomic E-state index is -0.182. The average molecular weight is 313 g/mol. The summed E-state index contributed by atoms with van der Waals surface area (Å²) >= 11 is 0. The summed E-state index contributed by atoms with van der Waals surface area (Å²) in [4.78, 5) is 12.3. The molecule has 4 nitrogen and oxygen atoms in total. The molecule has 0 aliphatic heterocycles. The van der Waals surface area contributed by atoms with Crippen molar-refractivity contribution >= 4 is 11.6 Å². The first-order valence-electron chi connectivity index (χ1n) is 7.82. The number of ether oxygens (including phenoxy) is 1. The lowest BCUT2D eigenvalue weighted by Crippen LogP contribution is -2.13. The summed E-state index contributed by atoms with van der Waals surface area (Å²) in [5.41, 5.74) is 2.99. The molecular weight excluding hydrogens is 290 g/mol. The van der Waals surface area contributed by atoms with Crippen molar-refractivity contribution in [3.05, 3.63) is 59.2 Å². The Morgan fingerprint density at radius 2 is 1.91 bits per heavy atom. The van der Waals surface area contributed by atoms with Gasteiger partial charge < -0.3 is 15.2 Å². The number of anilines is 1. The van der Waals surface area contributed by atoms with Gasteiger partial charge in [0.15, 0.2) is 0 Å².